The Labute approximate surface area is 233 Å². The van der Waals surface area contributed by atoms with Crippen LogP contribution in [-0.4, -0.2) is 51.1 Å². The van der Waals surface area contributed by atoms with Crippen LogP contribution < -0.4 is 20.3 Å². The van der Waals surface area contributed by atoms with Gasteiger partial charge in [0.25, 0.3) is 11.6 Å². The third-order valence-electron chi connectivity index (χ3n) is 6.36. The number of nitro groups is 1. The van der Waals surface area contributed by atoms with E-state index in [0.717, 1.165) is 32.4 Å². The van der Waals surface area contributed by atoms with Crippen molar-refractivity contribution < 1.29 is 14.5 Å². The first-order chi connectivity index (χ1) is 18.8. The number of thiocarbonyl (C=S) groups is 1. The number of piperidine rings is 1. The molecule has 1 aliphatic heterocycles. The van der Waals surface area contributed by atoms with Crippen molar-refractivity contribution in [3.8, 4) is 11.4 Å². The van der Waals surface area contributed by atoms with Gasteiger partial charge >= 0.3 is 0 Å². The van der Waals surface area contributed by atoms with Gasteiger partial charge in [0.05, 0.1) is 22.7 Å². The molecule has 2 heterocycles. The third kappa shape index (κ3) is 5.76. The number of halogens is 1. The molecule has 11 nitrogen and oxygen atoms in total. The van der Waals surface area contributed by atoms with Gasteiger partial charge in [-0.3, -0.25) is 20.2 Å². The van der Waals surface area contributed by atoms with Gasteiger partial charge in [-0.1, -0.05) is 11.6 Å². The first-order valence-electron chi connectivity index (χ1n) is 12.2. The molecule has 13 heteroatoms. The van der Waals surface area contributed by atoms with Gasteiger partial charge in [0.1, 0.15) is 22.5 Å². The van der Waals surface area contributed by atoms with Crippen LogP contribution in [0.2, 0.25) is 5.02 Å². The van der Waals surface area contributed by atoms with Crippen molar-refractivity contribution >= 4 is 62.9 Å². The predicted molar refractivity (Wildman–Crippen MR) is 153 cm³/mol. The molecule has 200 valence electrons. The summed E-state index contributed by atoms with van der Waals surface area (Å²) in [5.41, 5.74) is 3.04. The number of anilines is 2. The van der Waals surface area contributed by atoms with Crippen LogP contribution in [-0.2, 0) is 0 Å². The molecule has 2 N–H and O–H groups in total. The minimum absolute atomic E-state index is 0.0384. The minimum atomic E-state index is -0.552. The number of rotatable bonds is 6. The molecule has 0 aliphatic carbocycles. The van der Waals surface area contributed by atoms with Crippen molar-refractivity contribution in [2.24, 2.45) is 0 Å². The lowest BCUT2D eigenvalue weighted by atomic mass is 10.1. The number of aromatic nitrogens is 3. The van der Waals surface area contributed by atoms with Gasteiger partial charge in [-0.15, -0.1) is 10.2 Å². The van der Waals surface area contributed by atoms with Gasteiger partial charge in [-0.2, -0.15) is 4.80 Å². The van der Waals surface area contributed by atoms with Gasteiger partial charge in [0.2, 0.25) is 0 Å². The van der Waals surface area contributed by atoms with Crippen LogP contribution in [0.3, 0.4) is 0 Å². The number of amides is 1. The number of nitro benzene ring substituents is 1. The second-order valence-corrected chi connectivity index (χ2v) is 9.74. The Morgan fingerprint density at radius 3 is 2.54 bits per heavy atom. The number of benzene rings is 3. The number of hydrogen-bond acceptors (Lipinski definition) is 8. The summed E-state index contributed by atoms with van der Waals surface area (Å²) in [4.78, 5) is 27.6. The summed E-state index contributed by atoms with van der Waals surface area (Å²) in [7, 11) is 1.54. The highest BCUT2D eigenvalue weighted by atomic mass is 35.5. The Kier molecular flexibility index (Phi) is 7.57. The average molecular weight is 566 g/mol. The molecule has 1 aliphatic rings. The molecule has 0 bridgehead atoms. The normalized spacial score (nSPS) is 13.2. The van der Waals surface area contributed by atoms with E-state index in [1.807, 2.05) is 4.90 Å². The Morgan fingerprint density at radius 1 is 1.05 bits per heavy atom. The van der Waals surface area contributed by atoms with Crippen LogP contribution >= 0.6 is 23.8 Å². The highest BCUT2D eigenvalue weighted by molar-refractivity contribution is 7.80. The van der Waals surface area contributed by atoms with Crippen molar-refractivity contribution in [2.75, 3.05) is 30.4 Å². The lowest BCUT2D eigenvalue weighted by Gasteiger charge is -2.28. The van der Waals surface area contributed by atoms with Crippen LogP contribution in [0, 0.1) is 10.1 Å². The monoisotopic (exact) mass is 565 g/mol. The van der Waals surface area contributed by atoms with Crippen LogP contribution in [0.1, 0.15) is 29.6 Å². The van der Waals surface area contributed by atoms with Gasteiger partial charge in [-0.05, 0) is 80.0 Å². The summed E-state index contributed by atoms with van der Waals surface area (Å²) in [6.07, 6.45) is 3.08. The molecule has 0 saturated carbocycles. The molecule has 39 heavy (non-hydrogen) atoms. The van der Waals surface area contributed by atoms with Gasteiger partial charge in [0.15, 0.2) is 5.11 Å². The van der Waals surface area contributed by atoms with E-state index in [4.69, 9.17) is 28.6 Å². The van der Waals surface area contributed by atoms with E-state index in [0.29, 0.717) is 38.9 Å². The molecule has 0 radical (unpaired) electrons. The first kappa shape index (κ1) is 26.3. The van der Waals surface area contributed by atoms with E-state index in [-0.39, 0.29) is 16.4 Å². The highest BCUT2D eigenvalue weighted by Gasteiger charge is 2.23. The Bertz CT molecular complexity index is 1590. The molecule has 0 unspecified atom stereocenters. The van der Waals surface area contributed by atoms with Crippen molar-refractivity contribution in [1.29, 1.82) is 0 Å². The molecule has 5 rings (SSSR count). The first-order valence-corrected chi connectivity index (χ1v) is 13.0. The summed E-state index contributed by atoms with van der Waals surface area (Å²) in [5, 5.41) is 26.7. The lowest BCUT2D eigenvalue weighted by Crippen LogP contribution is -2.34. The molecule has 4 aromatic rings. The maximum Gasteiger partial charge on any atom is 0.293 e. The second-order valence-electron chi connectivity index (χ2n) is 8.93. The van der Waals surface area contributed by atoms with Crippen molar-refractivity contribution in [3.63, 3.8) is 0 Å². The lowest BCUT2D eigenvalue weighted by molar-refractivity contribution is -0.384. The zero-order valence-electron chi connectivity index (χ0n) is 20.9. The maximum absolute atomic E-state index is 12.8. The number of methoxy groups -OCH3 is 1. The summed E-state index contributed by atoms with van der Waals surface area (Å²) in [6.45, 7) is 1.51. The zero-order valence-corrected chi connectivity index (χ0v) is 22.5. The molecule has 0 atom stereocenters. The van der Waals surface area contributed by atoms with Gasteiger partial charge in [-0.25, -0.2) is 0 Å². The van der Waals surface area contributed by atoms with Gasteiger partial charge < -0.3 is 15.0 Å². The second kappa shape index (κ2) is 11.2. The van der Waals surface area contributed by atoms with E-state index >= 15 is 0 Å². The van der Waals surface area contributed by atoms with Crippen molar-refractivity contribution in [1.82, 2.24) is 20.3 Å². The molecule has 3 aromatic carbocycles. The van der Waals surface area contributed by atoms with E-state index in [9.17, 15) is 14.9 Å². The highest BCUT2D eigenvalue weighted by Crippen LogP contribution is 2.31. The number of hydrogen-bond donors (Lipinski definition) is 2. The van der Waals surface area contributed by atoms with Crippen molar-refractivity contribution in [2.45, 2.75) is 19.3 Å². The molecule has 1 saturated heterocycles. The smallest absolute Gasteiger partial charge is 0.293 e. The van der Waals surface area contributed by atoms with E-state index in [1.165, 1.54) is 10.9 Å². The number of nitrogens with one attached hydrogen (secondary N) is 2. The Hall–Kier alpha value is -4.29. The van der Waals surface area contributed by atoms with Crippen LogP contribution in [0.5, 0.6) is 5.75 Å². The number of carbonyl (C=O) groups excluding carboxylic acids is 1. The average Bonchev–Trinajstić information content (AvgIpc) is 3.36. The fourth-order valence-corrected chi connectivity index (χ4v) is 4.90. The fraction of sp³-hybridized carbons (Fsp3) is 0.231. The number of carbonyl (C=O) groups is 1. The molecule has 1 amide bonds. The Balaban J connectivity index is 1.28. The molecule has 1 aromatic heterocycles. The maximum atomic E-state index is 12.8. The zero-order chi connectivity index (χ0) is 27.5. The quantitative estimate of drug-likeness (QED) is 0.186. The third-order valence-corrected chi connectivity index (χ3v) is 6.86. The largest absolute Gasteiger partial charge is 0.495 e. The number of ether oxygens (including phenoxy) is 1. The minimum Gasteiger partial charge on any atom is -0.495 e. The summed E-state index contributed by atoms with van der Waals surface area (Å²) in [6, 6.07) is 15.0. The standard InChI is InChI=1S/C26H24ClN7O4S/c1-38-24-10-7-18(15-19(24)27)33-30-20-8-6-17(14-21(20)31-33)28-26(39)29-25(35)16-5-9-22(23(13-16)34(36)37)32-11-3-2-4-12-32/h5-10,13-15H,2-4,11-12H2,1H3,(H2,28,29,35,39). The number of nitrogens with zero attached hydrogens (tertiary/aromatic N) is 5. The van der Waals surface area contributed by atoms with Crippen molar-refractivity contribution in [3.05, 3.63) is 75.3 Å². The molecular formula is C26H24ClN7O4S. The molecule has 0 spiro atoms. The van der Waals surface area contributed by atoms with Crippen LogP contribution in [0.4, 0.5) is 17.1 Å². The van der Waals surface area contributed by atoms with Crippen LogP contribution in [0.15, 0.2) is 54.6 Å². The van der Waals surface area contributed by atoms with E-state index in [2.05, 4.69) is 20.8 Å². The van der Waals surface area contributed by atoms with E-state index in [1.54, 1.807) is 55.6 Å². The fourth-order valence-electron chi connectivity index (χ4n) is 4.44. The summed E-state index contributed by atoms with van der Waals surface area (Å²) >= 11 is 11.5. The summed E-state index contributed by atoms with van der Waals surface area (Å²) in [5.74, 6) is -0.00378. The predicted octanol–water partition coefficient (Wildman–Crippen LogP) is 5.11. The molecule has 1 fully saturated rings. The topological polar surface area (TPSA) is 127 Å². The summed E-state index contributed by atoms with van der Waals surface area (Å²) < 4.78 is 5.19. The number of fused-ring (bicyclic) bond motifs is 1. The van der Waals surface area contributed by atoms with E-state index < -0.39 is 10.8 Å². The Morgan fingerprint density at radius 2 is 1.82 bits per heavy atom. The SMILES string of the molecule is COc1ccc(-n2nc3ccc(NC(=S)NC(=O)c4ccc(N5CCCCC5)c([N+](=O)[O-])c4)cc3n2)cc1Cl. The van der Waals surface area contributed by atoms with Crippen LogP contribution in [0.25, 0.3) is 16.7 Å². The van der Waals surface area contributed by atoms with Gasteiger partial charge in [0, 0.05) is 30.4 Å². The molecular weight excluding hydrogens is 542 g/mol.